The molecule has 2 rings (SSSR count). The van der Waals surface area contributed by atoms with Crippen LogP contribution in [-0.4, -0.2) is 23.0 Å². The van der Waals surface area contributed by atoms with Gasteiger partial charge in [0.05, 0.1) is 12.5 Å². The number of Topliss-reactive ketones (excluding diaryl/α,β-unsaturated/α-hetero) is 1. The maximum atomic E-state index is 12.7. The molecule has 1 N–H and O–H groups in total. The van der Waals surface area contributed by atoms with Crippen LogP contribution in [0.5, 0.6) is 0 Å². The summed E-state index contributed by atoms with van der Waals surface area (Å²) in [6, 6.07) is 7.09. The lowest BCUT2D eigenvalue weighted by molar-refractivity contribution is -0.147. The number of aliphatic hydroxyl groups is 1. The number of halogens is 1. The van der Waals surface area contributed by atoms with Crippen molar-refractivity contribution in [2.75, 3.05) is 0 Å². The van der Waals surface area contributed by atoms with Crippen LogP contribution in [0.15, 0.2) is 35.6 Å². The van der Waals surface area contributed by atoms with Gasteiger partial charge in [-0.15, -0.1) is 0 Å². The Hall–Kier alpha value is -1.81. The zero-order valence-electron chi connectivity index (χ0n) is 15.1. The third-order valence-electron chi connectivity index (χ3n) is 4.26. The summed E-state index contributed by atoms with van der Waals surface area (Å²) < 4.78 is 5.25. The van der Waals surface area contributed by atoms with Crippen LogP contribution in [0.3, 0.4) is 0 Å². The van der Waals surface area contributed by atoms with Crippen molar-refractivity contribution in [3.05, 3.63) is 46.2 Å². The van der Waals surface area contributed by atoms with E-state index in [9.17, 15) is 14.7 Å². The molecule has 136 valence electrons. The Morgan fingerprint density at radius 2 is 1.92 bits per heavy atom. The Morgan fingerprint density at radius 1 is 1.28 bits per heavy atom. The van der Waals surface area contributed by atoms with Gasteiger partial charge in [0.15, 0.2) is 5.78 Å². The summed E-state index contributed by atoms with van der Waals surface area (Å²) in [6.45, 7) is 7.42. The van der Waals surface area contributed by atoms with Gasteiger partial charge in [-0.1, -0.05) is 43.6 Å². The van der Waals surface area contributed by atoms with E-state index in [0.29, 0.717) is 23.4 Å². The molecular formula is C20H25ClO4. The highest BCUT2D eigenvalue weighted by atomic mass is 35.5. The Labute approximate surface area is 153 Å². The average Bonchev–Trinajstić information content (AvgIpc) is 2.43. The molecule has 0 bridgehead atoms. The Bertz CT molecular complexity index is 703. The van der Waals surface area contributed by atoms with Gasteiger partial charge >= 0.3 is 5.97 Å². The molecule has 0 radical (unpaired) electrons. The average molecular weight is 365 g/mol. The second kappa shape index (κ2) is 7.61. The number of benzene rings is 1. The fraction of sp³-hybridized carbons (Fsp3) is 0.500. The maximum absolute atomic E-state index is 12.7. The first kappa shape index (κ1) is 19.5. The molecule has 0 saturated heterocycles. The molecule has 0 heterocycles. The molecule has 25 heavy (non-hydrogen) atoms. The molecule has 4 nitrogen and oxygen atoms in total. The molecule has 1 aliphatic carbocycles. The number of hydrogen-bond donors (Lipinski definition) is 1. The smallest absolute Gasteiger partial charge is 0.307 e. The molecule has 0 aromatic heterocycles. The first-order chi connectivity index (χ1) is 11.6. The van der Waals surface area contributed by atoms with E-state index >= 15 is 0 Å². The molecule has 5 heteroatoms. The van der Waals surface area contributed by atoms with Crippen molar-refractivity contribution in [1.29, 1.82) is 0 Å². The summed E-state index contributed by atoms with van der Waals surface area (Å²) in [5.74, 6) is -1.12. The van der Waals surface area contributed by atoms with Crippen molar-refractivity contribution in [1.82, 2.24) is 0 Å². The van der Waals surface area contributed by atoms with Crippen LogP contribution in [-0.2, 0) is 14.3 Å². The van der Waals surface area contributed by atoms with Crippen LogP contribution in [0.25, 0.3) is 0 Å². The summed E-state index contributed by atoms with van der Waals surface area (Å²) in [6.07, 6.45) is 0.442. The quantitative estimate of drug-likeness (QED) is 0.749. The predicted molar refractivity (Wildman–Crippen MR) is 97.7 cm³/mol. The molecule has 0 fully saturated rings. The highest BCUT2D eigenvalue weighted by Gasteiger charge is 2.38. The van der Waals surface area contributed by atoms with E-state index in [1.807, 2.05) is 13.8 Å². The van der Waals surface area contributed by atoms with Gasteiger partial charge in [-0.25, -0.2) is 0 Å². The predicted octanol–water partition coefficient (Wildman–Crippen LogP) is 4.97. The molecule has 1 unspecified atom stereocenters. The number of rotatable bonds is 5. The van der Waals surface area contributed by atoms with Crippen molar-refractivity contribution in [2.45, 2.75) is 59.0 Å². The van der Waals surface area contributed by atoms with E-state index in [2.05, 4.69) is 0 Å². The van der Waals surface area contributed by atoms with Gasteiger partial charge in [-0.05, 0) is 30.9 Å². The van der Waals surface area contributed by atoms with Gasteiger partial charge in [-0.2, -0.15) is 0 Å². The van der Waals surface area contributed by atoms with Gasteiger partial charge < -0.3 is 9.84 Å². The third kappa shape index (κ3) is 4.85. The summed E-state index contributed by atoms with van der Waals surface area (Å²) in [5, 5.41) is 11.0. The van der Waals surface area contributed by atoms with E-state index in [0.717, 1.165) is 0 Å². The highest BCUT2D eigenvalue weighted by molar-refractivity contribution is 6.31. The van der Waals surface area contributed by atoms with Gasteiger partial charge in [0, 0.05) is 29.4 Å². The summed E-state index contributed by atoms with van der Waals surface area (Å²) in [7, 11) is 0. The van der Waals surface area contributed by atoms with E-state index in [1.165, 1.54) is 0 Å². The van der Waals surface area contributed by atoms with E-state index < -0.39 is 11.9 Å². The van der Waals surface area contributed by atoms with Gasteiger partial charge in [0.1, 0.15) is 5.76 Å². The molecule has 1 aliphatic rings. The Kier molecular flexibility index (Phi) is 5.94. The lowest BCUT2D eigenvalue weighted by Gasteiger charge is -2.32. The van der Waals surface area contributed by atoms with Gasteiger partial charge in [0.25, 0.3) is 0 Å². The van der Waals surface area contributed by atoms with Crippen LogP contribution in [0.1, 0.15) is 58.4 Å². The van der Waals surface area contributed by atoms with Crippen LogP contribution < -0.4 is 0 Å². The van der Waals surface area contributed by atoms with Gasteiger partial charge in [0.2, 0.25) is 0 Å². The zero-order valence-corrected chi connectivity index (χ0v) is 15.9. The monoisotopic (exact) mass is 364 g/mol. The number of ketones is 1. The number of carbonyl (C=O) groups is 2. The lowest BCUT2D eigenvalue weighted by Crippen LogP contribution is -2.29. The standard InChI is InChI=1S/C20H25ClO4/c1-12(2)25-18(24)9-14(13-7-5-6-8-15(13)21)19-16(22)10-20(3,4)11-17(19)23/h5-8,12,14,22H,9-11H2,1-4H3. The first-order valence-corrected chi connectivity index (χ1v) is 8.87. The first-order valence-electron chi connectivity index (χ1n) is 8.50. The minimum Gasteiger partial charge on any atom is -0.512 e. The normalized spacial score (nSPS) is 18.4. The number of esters is 1. The van der Waals surface area contributed by atoms with E-state index in [1.54, 1.807) is 38.1 Å². The summed E-state index contributed by atoms with van der Waals surface area (Å²) in [5.41, 5.74) is 0.640. The lowest BCUT2D eigenvalue weighted by atomic mass is 9.72. The minimum absolute atomic E-state index is 0.0343. The summed E-state index contributed by atoms with van der Waals surface area (Å²) in [4.78, 5) is 25.0. The molecule has 1 atom stereocenters. The molecule has 0 spiro atoms. The number of aliphatic hydroxyl groups excluding tert-OH is 1. The summed E-state index contributed by atoms with van der Waals surface area (Å²) >= 11 is 6.31. The minimum atomic E-state index is -0.608. The number of hydrogen-bond acceptors (Lipinski definition) is 4. The molecule has 0 saturated carbocycles. The second-order valence-electron chi connectivity index (χ2n) is 7.62. The number of carbonyl (C=O) groups excluding carboxylic acids is 2. The van der Waals surface area contributed by atoms with Gasteiger partial charge in [-0.3, -0.25) is 9.59 Å². The van der Waals surface area contributed by atoms with Crippen LogP contribution in [0, 0.1) is 5.41 Å². The Morgan fingerprint density at radius 3 is 2.48 bits per heavy atom. The highest BCUT2D eigenvalue weighted by Crippen LogP contribution is 2.43. The zero-order chi connectivity index (χ0) is 18.8. The SMILES string of the molecule is CC(C)OC(=O)CC(C1=C(O)CC(C)(C)CC1=O)c1ccccc1Cl. The maximum Gasteiger partial charge on any atom is 0.307 e. The molecule has 0 amide bonds. The Balaban J connectivity index is 2.46. The second-order valence-corrected chi connectivity index (χ2v) is 8.03. The van der Waals surface area contributed by atoms with E-state index in [-0.39, 0.29) is 35.1 Å². The number of ether oxygens (including phenoxy) is 1. The molecule has 1 aromatic carbocycles. The van der Waals surface area contributed by atoms with E-state index in [4.69, 9.17) is 16.3 Å². The molecular weight excluding hydrogens is 340 g/mol. The molecule has 1 aromatic rings. The molecule has 0 aliphatic heterocycles. The van der Waals surface area contributed by atoms with Crippen molar-refractivity contribution < 1.29 is 19.4 Å². The third-order valence-corrected chi connectivity index (χ3v) is 4.61. The van der Waals surface area contributed by atoms with Crippen molar-refractivity contribution in [3.8, 4) is 0 Å². The van der Waals surface area contributed by atoms with Crippen molar-refractivity contribution in [2.24, 2.45) is 5.41 Å². The topological polar surface area (TPSA) is 63.6 Å². The number of allylic oxidation sites excluding steroid dienone is 2. The fourth-order valence-electron chi connectivity index (χ4n) is 3.30. The fourth-order valence-corrected chi connectivity index (χ4v) is 3.57. The van der Waals surface area contributed by atoms with Crippen LogP contribution in [0.4, 0.5) is 0 Å². The van der Waals surface area contributed by atoms with Crippen molar-refractivity contribution >= 4 is 23.4 Å². The largest absolute Gasteiger partial charge is 0.512 e. The van der Waals surface area contributed by atoms with Crippen LogP contribution in [0.2, 0.25) is 5.02 Å². The van der Waals surface area contributed by atoms with Crippen LogP contribution >= 0.6 is 11.6 Å². The van der Waals surface area contributed by atoms with Crippen molar-refractivity contribution in [3.63, 3.8) is 0 Å².